The second kappa shape index (κ2) is 10.3. The van der Waals surface area contributed by atoms with Crippen LogP contribution in [0.2, 0.25) is 0 Å². The second-order valence-corrected chi connectivity index (χ2v) is 10.3. The molecule has 3 aromatic rings. The minimum atomic E-state index is -1.04. The summed E-state index contributed by atoms with van der Waals surface area (Å²) in [5.41, 5.74) is 2.45. The summed E-state index contributed by atoms with van der Waals surface area (Å²) in [6.07, 6.45) is -1.04. The van der Waals surface area contributed by atoms with Gasteiger partial charge in [0.2, 0.25) is 5.91 Å². The van der Waals surface area contributed by atoms with Crippen molar-refractivity contribution in [3.8, 4) is 11.1 Å². The predicted molar refractivity (Wildman–Crippen MR) is 139 cm³/mol. The number of rotatable bonds is 7. The van der Waals surface area contributed by atoms with Crippen molar-refractivity contribution in [2.24, 2.45) is 5.92 Å². The number of carbonyl (C=O) groups excluding carboxylic acids is 1. The molecule has 7 heteroatoms. The fourth-order valence-corrected chi connectivity index (χ4v) is 4.27. The molecule has 0 aliphatic rings. The SMILES string of the molecule is CC(=O)NCc1ccc2c(=O)n(CC(C)C)c(CN(C(=O)O)C(C)(C)C)c(-c3ccccc3)c2c1. The molecule has 0 spiro atoms. The van der Waals surface area contributed by atoms with Crippen molar-refractivity contribution in [3.05, 3.63) is 70.1 Å². The van der Waals surface area contributed by atoms with E-state index in [9.17, 15) is 19.5 Å². The summed E-state index contributed by atoms with van der Waals surface area (Å²) >= 11 is 0. The van der Waals surface area contributed by atoms with Gasteiger partial charge in [-0.3, -0.25) is 14.5 Å². The molecule has 0 saturated carbocycles. The molecule has 1 aromatic heterocycles. The second-order valence-electron chi connectivity index (χ2n) is 10.3. The third-order valence-electron chi connectivity index (χ3n) is 5.94. The molecule has 7 nitrogen and oxygen atoms in total. The smallest absolute Gasteiger partial charge is 0.408 e. The highest BCUT2D eigenvalue weighted by Gasteiger charge is 2.29. The number of hydrogen-bond acceptors (Lipinski definition) is 3. The molecular weight excluding hydrogens is 442 g/mol. The fourth-order valence-electron chi connectivity index (χ4n) is 4.27. The predicted octanol–water partition coefficient (Wildman–Crippen LogP) is 5.24. The average Bonchev–Trinajstić information content (AvgIpc) is 2.77. The quantitative estimate of drug-likeness (QED) is 0.487. The molecule has 0 atom stereocenters. The number of carboxylic acid groups (broad SMARTS) is 1. The van der Waals surface area contributed by atoms with Crippen LogP contribution in [-0.4, -0.2) is 32.1 Å². The first kappa shape index (κ1) is 26.0. The van der Waals surface area contributed by atoms with E-state index in [1.165, 1.54) is 11.8 Å². The first-order chi connectivity index (χ1) is 16.4. The van der Waals surface area contributed by atoms with Gasteiger partial charge in [-0.15, -0.1) is 0 Å². The van der Waals surface area contributed by atoms with Gasteiger partial charge in [-0.1, -0.05) is 50.2 Å². The van der Waals surface area contributed by atoms with Gasteiger partial charge in [0.1, 0.15) is 0 Å². The summed E-state index contributed by atoms with van der Waals surface area (Å²) in [6, 6.07) is 15.3. The van der Waals surface area contributed by atoms with E-state index in [1.807, 2.05) is 77.1 Å². The van der Waals surface area contributed by atoms with Crippen molar-refractivity contribution in [2.75, 3.05) is 0 Å². The van der Waals surface area contributed by atoms with Crippen LogP contribution in [0.15, 0.2) is 53.3 Å². The van der Waals surface area contributed by atoms with E-state index in [-0.39, 0.29) is 23.9 Å². The summed E-state index contributed by atoms with van der Waals surface area (Å²) < 4.78 is 1.74. The van der Waals surface area contributed by atoms with E-state index in [0.29, 0.717) is 24.2 Å². The van der Waals surface area contributed by atoms with Crippen LogP contribution in [0.3, 0.4) is 0 Å². The monoisotopic (exact) mass is 477 g/mol. The van der Waals surface area contributed by atoms with Gasteiger partial charge in [0, 0.05) is 42.2 Å². The molecule has 2 N–H and O–H groups in total. The lowest BCUT2D eigenvalue weighted by atomic mass is 9.94. The number of amides is 2. The van der Waals surface area contributed by atoms with Crippen molar-refractivity contribution in [3.63, 3.8) is 0 Å². The summed E-state index contributed by atoms with van der Waals surface area (Å²) in [5, 5.41) is 14.2. The molecule has 2 amide bonds. The molecule has 1 heterocycles. The van der Waals surface area contributed by atoms with Crippen molar-refractivity contribution in [1.29, 1.82) is 0 Å². The van der Waals surface area contributed by atoms with Gasteiger partial charge in [-0.2, -0.15) is 0 Å². The zero-order chi connectivity index (χ0) is 25.9. The molecule has 35 heavy (non-hydrogen) atoms. The molecule has 0 saturated heterocycles. The maximum Gasteiger partial charge on any atom is 0.408 e. The molecule has 0 unspecified atom stereocenters. The number of nitrogens with one attached hydrogen (secondary N) is 1. The lowest BCUT2D eigenvalue weighted by Gasteiger charge is -2.35. The molecule has 0 aliphatic heterocycles. The van der Waals surface area contributed by atoms with Gasteiger partial charge in [0.25, 0.3) is 5.56 Å². The van der Waals surface area contributed by atoms with Crippen LogP contribution in [0.1, 0.15) is 52.8 Å². The Morgan fingerprint density at radius 2 is 1.71 bits per heavy atom. The highest BCUT2D eigenvalue weighted by atomic mass is 16.4. The van der Waals surface area contributed by atoms with Crippen LogP contribution in [0.5, 0.6) is 0 Å². The van der Waals surface area contributed by atoms with Crippen LogP contribution >= 0.6 is 0 Å². The highest BCUT2D eigenvalue weighted by molar-refractivity contribution is 5.98. The summed E-state index contributed by atoms with van der Waals surface area (Å²) in [6.45, 7) is 12.0. The maximum atomic E-state index is 13.8. The number of fused-ring (bicyclic) bond motifs is 1. The summed E-state index contributed by atoms with van der Waals surface area (Å²) in [4.78, 5) is 38.9. The third kappa shape index (κ3) is 5.91. The Morgan fingerprint density at radius 1 is 1.06 bits per heavy atom. The zero-order valence-electron chi connectivity index (χ0n) is 21.4. The molecule has 0 radical (unpaired) electrons. The molecule has 0 aliphatic carbocycles. The van der Waals surface area contributed by atoms with E-state index < -0.39 is 11.6 Å². The number of nitrogens with zero attached hydrogens (tertiary/aromatic N) is 2. The number of carbonyl (C=O) groups is 2. The summed E-state index contributed by atoms with van der Waals surface area (Å²) in [7, 11) is 0. The van der Waals surface area contributed by atoms with E-state index in [2.05, 4.69) is 5.32 Å². The highest BCUT2D eigenvalue weighted by Crippen LogP contribution is 2.33. The van der Waals surface area contributed by atoms with Gasteiger partial charge in [-0.25, -0.2) is 4.79 Å². The Morgan fingerprint density at radius 3 is 2.26 bits per heavy atom. The molecule has 2 aromatic carbocycles. The Hall–Kier alpha value is -3.61. The Kier molecular flexibility index (Phi) is 7.68. The van der Waals surface area contributed by atoms with Crippen LogP contribution in [0, 0.1) is 5.92 Å². The van der Waals surface area contributed by atoms with Crippen LogP contribution in [-0.2, 0) is 24.4 Å². The standard InChI is InChI=1S/C28H35N3O4/c1-18(2)16-30-24(17-31(27(34)35)28(4,5)6)25(21-10-8-7-9-11-21)23-14-20(15-29-19(3)32)12-13-22(23)26(30)33/h7-14,18H,15-17H2,1-6H3,(H,29,32)(H,34,35). The molecule has 186 valence electrons. The van der Waals surface area contributed by atoms with Gasteiger partial charge >= 0.3 is 6.09 Å². The number of hydrogen-bond donors (Lipinski definition) is 2. The van der Waals surface area contributed by atoms with Crippen molar-refractivity contribution in [2.45, 2.75) is 66.7 Å². The molecule has 0 bridgehead atoms. The maximum absolute atomic E-state index is 13.8. The molecule has 0 fully saturated rings. The minimum absolute atomic E-state index is 0.0664. The van der Waals surface area contributed by atoms with Gasteiger partial charge in [0.15, 0.2) is 0 Å². The van der Waals surface area contributed by atoms with E-state index in [0.717, 1.165) is 22.1 Å². The lowest BCUT2D eigenvalue weighted by molar-refractivity contribution is -0.119. The largest absolute Gasteiger partial charge is 0.465 e. The molecular formula is C28H35N3O4. The Bertz CT molecular complexity index is 1290. The first-order valence-corrected chi connectivity index (χ1v) is 11.9. The van der Waals surface area contributed by atoms with Crippen molar-refractivity contribution in [1.82, 2.24) is 14.8 Å². The normalized spacial score (nSPS) is 11.6. The number of pyridine rings is 1. The van der Waals surface area contributed by atoms with Gasteiger partial charge in [-0.05, 0) is 55.3 Å². The summed E-state index contributed by atoms with van der Waals surface area (Å²) in [5.74, 6) is 0.0446. The van der Waals surface area contributed by atoms with E-state index in [4.69, 9.17) is 0 Å². The number of aromatic nitrogens is 1. The third-order valence-corrected chi connectivity index (χ3v) is 5.94. The number of benzene rings is 2. The minimum Gasteiger partial charge on any atom is -0.465 e. The van der Waals surface area contributed by atoms with Gasteiger partial charge in [0.05, 0.1) is 6.54 Å². The zero-order valence-corrected chi connectivity index (χ0v) is 21.4. The van der Waals surface area contributed by atoms with Crippen LogP contribution in [0.25, 0.3) is 21.9 Å². The van der Waals surface area contributed by atoms with E-state index >= 15 is 0 Å². The first-order valence-electron chi connectivity index (χ1n) is 11.9. The van der Waals surface area contributed by atoms with E-state index in [1.54, 1.807) is 10.6 Å². The van der Waals surface area contributed by atoms with Crippen LogP contribution in [0.4, 0.5) is 4.79 Å². The fraction of sp³-hybridized carbons (Fsp3) is 0.393. The van der Waals surface area contributed by atoms with Crippen molar-refractivity contribution >= 4 is 22.8 Å². The molecule has 3 rings (SSSR count). The average molecular weight is 478 g/mol. The van der Waals surface area contributed by atoms with Crippen molar-refractivity contribution < 1.29 is 14.7 Å². The lowest BCUT2D eigenvalue weighted by Crippen LogP contribution is -2.45. The van der Waals surface area contributed by atoms with Crippen LogP contribution < -0.4 is 10.9 Å². The Labute approximate surface area is 206 Å². The Balaban J connectivity index is 2.42. The topological polar surface area (TPSA) is 91.6 Å². The van der Waals surface area contributed by atoms with Gasteiger partial charge < -0.3 is 15.0 Å².